The molecule has 1 aromatic carbocycles. The molecule has 0 saturated carbocycles. The van der Waals surface area contributed by atoms with E-state index in [4.69, 9.17) is 9.52 Å². The number of aromatic nitrogens is 1. The minimum absolute atomic E-state index is 0.154. The molecule has 2 heterocycles. The Balaban J connectivity index is 1.95. The lowest BCUT2D eigenvalue weighted by atomic mass is 10.3. The zero-order valence-electron chi connectivity index (χ0n) is 10.5. The number of para-hydroxylation sites is 2. The lowest BCUT2D eigenvalue weighted by molar-refractivity contribution is 0.350. The summed E-state index contributed by atoms with van der Waals surface area (Å²) in [4.78, 5) is 13.7. The minimum Gasteiger partial charge on any atom is -0.408 e. The van der Waals surface area contributed by atoms with Crippen LogP contribution >= 0.6 is 11.3 Å². The number of aliphatic hydroxyl groups is 1. The molecule has 0 radical (unpaired) electrons. The predicted molar refractivity (Wildman–Crippen MR) is 77.9 cm³/mol. The summed E-state index contributed by atoms with van der Waals surface area (Å²) < 4.78 is 6.80. The van der Waals surface area contributed by atoms with E-state index in [1.54, 1.807) is 10.6 Å². The number of benzene rings is 1. The second-order valence-electron chi connectivity index (χ2n) is 4.15. The second-order valence-corrected chi connectivity index (χ2v) is 5.32. The van der Waals surface area contributed by atoms with Crippen molar-refractivity contribution in [2.24, 2.45) is 0 Å². The molecule has 0 amide bonds. The van der Waals surface area contributed by atoms with Crippen LogP contribution in [-0.2, 0) is 6.54 Å². The second kappa shape index (κ2) is 5.37. The molecule has 0 aliphatic heterocycles. The Hall–Kier alpha value is -2.29. The maximum Gasteiger partial charge on any atom is 0.420 e. The van der Waals surface area contributed by atoms with Crippen LogP contribution in [0.3, 0.4) is 0 Å². The van der Waals surface area contributed by atoms with E-state index in [9.17, 15) is 4.79 Å². The summed E-state index contributed by atoms with van der Waals surface area (Å²) in [5.74, 6) is 5.10. The largest absolute Gasteiger partial charge is 0.420 e. The van der Waals surface area contributed by atoms with E-state index in [0.29, 0.717) is 12.1 Å². The van der Waals surface area contributed by atoms with Gasteiger partial charge in [-0.25, -0.2) is 4.79 Å². The number of rotatable bonds is 2. The smallest absolute Gasteiger partial charge is 0.408 e. The Morgan fingerprint density at radius 3 is 2.95 bits per heavy atom. The fourth-order valence-electron chi connectivity index (χ4n) is 1.98. The van der Waals surface area contributed by atoms with Crippen molar-refractivity contribution in [3.8, 4) is 11.8 Å². The van der Waals surface area contributed by atoms with Crippen molar-refractivity contribution in [3.63, 3.8) is 0 Å². The van der Waals surface area contributed by atoms with Crippen molar-refractivity contribution >= 4 is 22.4 Å². The van der Waals surface area contributed by atoms with Crippen LogP contribution in [0.1, 0.15) is 9.75 Å². The number of oxazole rings is 1. The van der Waals surface area contributed by atoms with Crippen LogP contribution in [0.4, 0.5) is 0 Å². The van der Waals surface area contributed by atoms with Crippen LogP contribution in [0.5, 0.6) is 0 Å². The van der Waals surface area contributed by atoms with Crippen LogP contribution in [0, 0.1) is 11.8 Å². The third-order valence-corrected chi connectivity index (χ3v) is 3.83. The summed E-state index contributed by atoms with van der Waals surface area (Å²) in [6.45, 7) is 0.306. The molecule has 0 saturated heterocycles. The first-order valence-electron chi connectivity index (χ1n) is 6.05. The average Bonchev–Trinajstić information content (AvgIpc) is 3.02. The van der Waals surface area contributed by atoms with Gasteiger partial charge in [0, 0.05) is 4.88 Å². The van der Waals surface area contributed by atoms with Gasteiger partial charge in [-0.3, -0.25) is 4.57 Å². The molecule has 0 atom stereocenters. The standard InChI is InChI=1S/C15H11NO3S/c17-9-3-4-11-7-8-12(20-11)10-16-13-5-1-2-6-14(13)19-15(16)18/h1-2,5-8,17H,9-10H2. The number of hydrogen-bond acceptors (Lipinski definition) is 4. The summed E-state index contributed by atoms with van der Waals surface area (Å²) in [6, 6.07) is 11.2. The molecule has 100 valence electrons. The highest BCUT2D eigenvalue weighted by Crippen LogP contribution is 2.19. The van der Waals surface area contributed by atoms with E-state index in [2.05, 4.69) is 11.8 Å². The fourth-order valence-corrected chi connectivity index (χ4v) is 2.85. The molecule has 0 aliphatic carbocycles. The van der Waals surface area contributed by atoms with E-state index in [1.165, 1.54) is 11.3 Å². The lowest BCUT2D eigenvalue weighted by Gasteiger charge is -1.98. The van der Waals surface area contributed by atoms with Gasteiger partial charge in [0.25, 0.3) is 0 Å². The third-order valence-electron chi connectivity index (χ3n) is 2.84. The quantitative estimate of drug-likeness (QED) is 0.733. The number of hydrogen-bond donors (Lipinski definition) is 1. The lowest BCUT2D eigenvalue weighted by Crippen LogP contribution is -2.14. The zero-order chi connectivity index (χ0) is 13.9. The third kappa shape index (κ3) is 2.39. The Kier molecular flexibility index (Phi) is 3.42. The number of fused-ring (bicyclic) bond motifs is 1. The van der Waals surface area contributed by atoms with Gasteiger partial charge in [-0.2, -0.15) is 0 Å². The first kappa shape index (κ1) is 12.7. The summed E-state index contributed by atoms with van der Waals surface area (Å²) in [7, 11) is 0. The molecule has 3 rings (SSSR count). The van der Waals surface area contributed by atoms with E-state index < -0.39 is 0 Å². The van der Waals surface area contributed by atoms with Gasteiger partial charge in [-0.1, -0.05) is 24.0 Å². The molecule has 0 spiro atoms. The van der Waals surface area contributed by atoms with E-state index >= 15 is 0 Å². The molecule has 20 heavy (non-hydrogen) atoms. The molecule has 2 aromatic heterocycles. The molecule has 0 unspecified atom stereocenters. The molecule has 0 bridgehead atoms. The van der Waals surface area contributed by atoms with Gasteiger partial charge in [0.15, 0.2) is 5.58 Å². The Morgan fingerprint density at radius 2 is 2.10 bits per heavy atom. The number of thiophene rings is 1. The fraction of sp³-hybridized carbons (Fsp3) is 0.133. The van der Waals surface area contributed by atoms with E-state index in [0.717, 1.165) is 15.3 Å². The summed E-state index contributed by atoms with van der Waals surface area (Å²) >= 11 is 1.50. The highest BCUT2D eigenvalue weighted by molar-refractivity contribution is 7.12. The van der Waals surface area contributed by atoms with Crippen LogP contribution in [-0.4, -0.2) is 16.3 Å². The first-order valence-corrected chi connectivity index (χ1v) is 6.86. The molecule has 0 aliphatic rings. The number of nitrogens with zero attached hydrogens (tertiary/aromatic N) is 1. The van der Waals surface area contributed by atoms with Crippen LogP contribution in [0.2, 0.25) is 0 Å². The summed E-state index contributed by atoms with van der Waals surface area (Å²) in [5, 5.41) is 8.67. The maximum atomic E-state index is 11.9. The van der Waals surface area contributed by atoms with E-state index in [-0.39, 0.29) is 12.4 Å². The van der Waals surface area contributed by atoms with Gasteiger partial charge < -0.3 is 9.52 Å². The Labute approximate surface area is 118 Å². The monoisotopic (exact) mass is 285 g/mol. The van der Waals surface area contributed by atoms with Crippen LogP contribution in [0.25, 0.3) is 11.1 Å². The normalized spacial score (nSPS) is 10.4. The molecule has 0 fully saturated rings. The number of aliphatic hydroxyl groups excluding tert-OH is 1. The Morgan fingerprint density at radius 1 is 1.25 bits per heavy atom. The Bertz CT molecular complexity index is 860. The molecule has 5 heteroatoms. The summed E-state index contributed by atoms with van der Waals surface area (Å²) in [6.07, 6.45) is 0. The highest BCUT2D eigenvalue weighted by Gasteiger charge is 2.09. The van der Waals surface area contributed by atoms with Crippen molar-refractivity contribution in [3.05, 3.63) is 56.7 Å². The van der Waals surface area contributed by atoms with Crippen LogP contribution < -0.4 is 5.76 Å². The molecule has 4 nitrogen and oxygen atoms in total. The minimum atomic E-state index is -0.359. The highest BCUT2D eigenvalue weighted by atomic mass is 32.1. The molecule has 3 aromatic rings. The topological polar surface area (TPSA) is 55.4 Å². The van der Waals surface area contributed by atoms with Crippen molar-refractivity contribution in [1.29, 1.82) is 0 Å². The van der Waals surface area contributed by atoms with Crippen molar-refractivity contribution in [1.82, 2.24) is 4.57 Å². The van der Waals surface area contributed by atoms with Gasteiger partial charge in [-0.15, -0.1) is 11.3 Å². The van der Waals surface area contributed by atoms with Crippen LogP contribution in [0.15, 0.2) is 45.6 Å². The van der Waals surface area contributed by atoms with Gasteiger partial charge in [0.05, 0.1) is 16.9 Å². The van der Waals surface area contributed by atoms with Gasteiger partial charge in [0.2, 0.25) is 0 Å². The molecular weight excluding hydrogens is 274 g/mol. The van der Waals surface area contributed by atoms with Gasteiger partial charge in [-0.05, 0) is 24.3 Å². The molecule has 1 N–H and O–H groups in total. The van der Waals surface area contributed by atoms with Crippen molar-refractivity contribution < 1.29 is 9.52 Å². The SMILES string of the molecule is O=c1oc2ccccc2n1Cc1ccc(C#CCO)s1. The first-order chi connectivity index (χ1) is 9.78. The maximum absolute atomic E-state index is 11.9. The van der Waals surface area contributed by atoms with E-state index in [1.807, 2.05) is 30.3 Å². The molecular formula is C15H11NO3S. The van der Waals surface area contributed by atoms with Gasteiger partial charge >= 0.3 is 5.76 Å². The van der Waals surface area contributed by atoms with Crippen molar-refractivity contribution in [2.75, 3.05) is 6.61 Å². The predicted octanol–water partition coefficient (Wildman–Crippen LogP) is 2.05. The zero-order valence-corrected chi connectivity index (χ0v) is 11.3. The average molecular weight is 285 g/mol. The van der Waals surface area contributed by atoms with Gasteiger partial charge in [0.1, 0.15) is 6.61 Å². The summed E-state index contributed by atoms with van der Waals surface area (Å²) in [5.41, 5.74) is 1.38. The van der Waals surface area contributed by atoms with Crippen molar-refractivity contribution in [2.45, 2.75) is 6.54 Å².